The molecule has 1 aromatic carbocycles. The van der Waals surface area contributed by atoms with Gasteiger partial charge in [0.15, 0.2) is 0 Å². The van der Waals surface area contributed by atoms with Crippen LogP contribution in [0.1, 0.15) is 17.2 Å². The van der Waals surface area contributed by atoms with Gasteiger partial charge in [0.1, 0.15) is 18.8 Å². The van der Waals surface area contributed by atoms with Gasteiger partial charge in [-0.25, -0.2) is 0 Å². The average Bonchev–Trinajstić information content (AvgIpc) is 2.82. The van der Waals surface area contributed by atoms with Crippen LogP contribution in [0.4, 0.5) is 0 Å². The first-order valence-corrected chi connectivity index (χ1v) is 5.45. The molecule has 0 saturated heterocycles. The summed E-state index contributed by atoms with van der Waals surface area (Å²) in [6.07, 6.45) is 4.58. The molecule has 16 heavy (non-hydrogen) atoms. The molecule has 0 unspecified atom stereocenters. The fraction of sp³-hybridized carbons (Fsp3) is 0.333. The van der Waals surface area contributed by atoms with Gasteiger partial charge in [-0.15, -0.1) is 10.2 Å². The summed E-state index contributed by atoms with van der Waals surface area (Å²) in [7, 11) is 0. The third-order valence-corrected chi connectivity index (χ3v) is 2.94. The zero-order valence-corrected chi connectivity index (χ0v) is 8.91. The Labute approximate surface area is 93.9 Å². The van der Waals surface area contributed by atoms with E-state index in [0.29, 0.717) is 0 Å². The minimum Gasteiger partial charge on any atom is -0.371 e. The van der Waals surface area contributed by atoms with Crippen LogP contribution in [0, 0.1) is 0 Å². The van der Waals surface area contributed by atoms with Crippen molar-refractivity contribution in [2.45, 2.75) is 19.1 Å². The lowest BCUT2D eigenvalue weighted by atomic mass is 9.97. The zero-order valence-electron chi connectivity index (χ0n) is 8.91. The topological polar surface area (TPSA) is 39.9 Å². The predicted molar refractivity (Wildman–Crippen MR) is 58.9 cm³/mol. The van der Waals surface area contributed by atoms with Crippen LogP contribution in [0.25, 0.3) is 0 Å². The molecular formula is C12H13N3O. The quantitative estimate of drug-likeness (QED) is 0.763. The zero-order chi connectivity index (χ0) is 10.8. The third kappa shape index (κ3) is 1.72. The van der Waals surface area contributed by atoms with Gasteiger partial charge in [0.25, 0.3) is 0 Å². The minimum absolute atomic E-state index is 0.126. The lowest BCUT2D eigenvalue weighted by Crippen LogP contribution is -2.20. The van der Waals surface area contributed by atoms with Crippen LogP contribution in [0.2, 0.25) is 0 Å². The summed E-state index contributed by atoms with van der Waals surface area (Å²) >= 11 is 0. The maximum atomic E-state index is 5.80. The minimum atomic E-state index is 0.126. The highest BCUT2D eigenvalue weighted by molar-refractivity contribution is 5.30. The normalized spacial score (nSPS) is 19.4. The van der Waals surface area contributed by atoms with Crippen LogP contribution in [0.5, 0.6) is 0 Å². The lowest BCUT2D eigenvalue weighted by Gasteiger charge is -2.26. The number of hydrogen-bond acceptors (Lipinski definition) is 3. The summed E-state index contributed by atoms with van der Waals surface area (Å²) in [5, 5.41) is 7.60. The van der Waals surface area contributed by atoms with Gasteiger partial charge in [-0.1, -0.05) is 24.3 Å². The van der Waals surface area contributed by atoms with Crippen molar-refractivity contribution in [2.75, 3.05) is 6.61 Å². The Morgan fingerprint density at radius 3 is 2.94 bits per heavy atom. The second kappa shape index (κ2) is 4.06. The van der Waals surface area contributed by atoms with E-state index in [1.165, 1.54) is 11.1 Å². The summed E-state index contributed by atoms with van der Waals surface area (Å²) in [5.74, 6) is 0. The van der Waals surface area contributed by atoms with Crippen LogP contribution in [-0.2, 0) is 17.7 Å². The van der Waals surface area contributed by atoms with E-state index >= 15 is 0 Å². The van der Waals surface area contributed by atoms with Crippen molar-refractivity contribution >= 4 is 0 Å². The Morgan fingerprint density at radius 2 is 2.06 bits per heavy atom. The molecule has 3 rings (SSSR count). The predicted octanol–water partition coefficient (Wildman–Crippen LogP) is 1.59. The molecule has 0 aliphatic carbocycles. The Hall–Kier alpha value is -1.68. The van der Waals surface area contributed by atoms with E-state index in [4.69, 9.17) is 4.74 Å². The molecular weight excluding hydrogens is 202 g/mol. The second-order valence-electron chi connectivity index (χ2n) is 3.97. The van der Waals surface area contributed by atoms with E-state index in [-0.39, 0.29) is 6.10 Å². The average molecular weight is 215 g/mol. The Bertz CT molecular complexity index is 467. The van der Waals surface area contributed by atoms with Gasteiger partial charge in [-0.3, -0.25) is 0 Å². The van der Waals surface area contributed by atoms with Crippen LogP contribution in [0.15, 0.2) is 36.9 Å². The van der Waals surface area contributed by atoms with Gasteiger partial charge < -0.3 is 9.30 Å². The molecule has 1 aliphatic heterocycles. The number of fused-ring (bicyclic) bond motifs is 1. The van der Waals surface area contributed by atoms with Gasteiger partial charge in [-0.2, -0.15) is 0 Å². The van der Waals surface area contributed by atoms with E-state index in [9.17, 15) is 0 Å². The molecule has 0 radical (unpaired) electrons. The first-order valence-electron chi connectivity index (χ1n) is 5.45. The number of ether oxygens (including phenoxy) is 1. The molecule has 0 N–H and O–H groups in total. The smallest absolute Gasteiger partial charge is 0.119 e. The molecule has 0 bridgehead atoms. The first kappa shape index (κ1) is 9.54. The Kier molecular flexibility index (Phi) is 2.42. The van der Waals surface area contributed by atoms with Crippen molar-refractivity contribution in [3.63, 3.8) is 0 Å². The Balaban J connectivity index is 1.87. The number of hydrogen-bond donors (Lipinski definition) is 0. The largest absolute Gasteiger partial charge is 0.371 e. The maximum Gasteiger partial charge on any atom is 0.119 e. The SMILES string of the molecule is c1ccc2c(c1)CCO[C@@H]2Cn1cnnc1. The third-order valence-electron chi connectivity index (χ3n) is 2.94. The number of nitrogens with zero attached hydrogens (tertiary/aromatic N) is 3. The summed E-state index contributed by atoms with van der Waals surface area (Å²) in [4.78, 5) is 0. The molecule has 0 amide bonds. The van der Waals surface area contributed by atoms with Crippen molar-refractivity contribution in [1.29, 1.82) is 0 Å². The summed E-state index contributed by atoms with van der Waals surface area (Å²) in [6.45, 7) is 1.58. The van der Waals surface area contributed by atoms with Crippen molar-refractivity contribution in [2.24, 2.45) is 0 Å². The summed E-state index contributed by atoms with van der Waals surface area (Å²) < 4.78 is 7.75. The first-order chi connectivity index (χ1) is 7.93. The standard InChI is InChI=1S/C12H13N3O/c1-2-4-11-10(3-1)5-6-16-12(11)7-15-8-13-14-9-15/h1-4,8-9,12H,5-7H2/t12-/m1/s1. The highest BCUT2D eigenvalue weighted by Gasteiger charge is 2.20. The number of benzene rings is 1. The molecule has 2 heterocycles. The molecule has 4 heteroatoms. The van der Waals surface area contributed by atoms with Gasteiger partial charge >= 0.3 is 0 Å². The fourth-order valence-corrected chi connectivity index (χ4v) is 2.14. The molecule has 1 atom stereocenters. The van der Waals surface area contributed by atoms with Crippen LogP contribution in [-0.4, -0.2) is 21.4 Å². The fourth-order valence-electron chi connectivity index (χ4n) is 2.14. The molecule has 2 aromatic rings. The maximum absolute atomic E-state index is 5.80. The molecule has 0 fully saturated rings. The van der Waals surface area contributed by atoms with E-state index in [2.05, 4.69) is 34.5 Å². The second-order valence-corrected chi connectivity index (χ2v) is 3.97. The molecule has 0 saturated carbocycles. The van der Waals surface area contributed by atoms with Crippen LogP contribution in [0.3, 0.4) is 0 Å². The molecule has 1 aliphatic rings. The van der Waals surface area contributed by atoms with Crippen molar-refractivity contribution in [3.05, 3.63) is 48.0 Å². The number of aromatic nitrogens is 3. The summed E-state index contributed by atoms with van der Waals surface area (Å²) in [5.41, 5.74) is 2.69. The van der Waals surface area contributed by atoms with Crippen molar-refractivity contribution < 1.29 is 4.74 Å². The van der Waals surface area contributed by atoms with E-state index in [1.54, 1.807) is 12.7 Å². The van der Waals surface area contributed by atoms with Crippen LogP contribution >= 0.6 is 0 Å². The summed E-state index contributed by atoms with van der Waals surface area (Å²) in [6, 6.07) is 8.47. The van der Waals surface area contributed by atoms with E-state index in [1.807, 2.05) is 4.57 Å². The molecule has 82 valence electrons. The van der Waals surface area contributed by atoms with Gasteiger partial charge in [0.05, 0.1) is 13.2 Å². The molecule has 0 spiro atoms. The lowest BCUT2D eigenvalue weighted by molar-refractivity contribution is 0.0305. The van der Waals surface area contributed by atoms with E-state index < -0.39 is 0 Å². The molecule has 1 aromatic heterocycles. The monoisotopic (exact) mass is 215 g/mol. The van der Waals surface area contributed by atoms with Gasteiger partial charge in [0.2, 0.25) is 0 Å². The van der Waals surface area contributed by atoms with E-state index in [0.717, 1.165) is 19.6 Å². The Morgan fingerprint density at radius 1 is 1.25 bits per heavy atom. The van der Waals surface area contributed by atoms with Crippen LogP contribution < -0.4 is 0 Å². The van der Waals surface area contributed by atoms with Gasteiger partial charge in [0, 0.05) is 0 Å². The highest BCUT2D eigenvalue weighted by Crippen LogP contribution is 2.27. The number of rotatable bonds is 2. The van der Waals surface area contributed by atoms with Crippen molar-refractivity contribution in [1.82, 2.24) is 14.8 Å². The van der Waals surface area contributed by atoms with Crippen molar-refractivity contribution in [3.8, 4) is 0 Å². The molecule has 4 nitrogen and oxygen atoms in total. The highest BCUT2D eigenvalue weighted by atomic mass is 16.5. The van der Waals surface area contributed by atoms with Gasteiger partial charge in [-0.05, 0) is 17.5 Å².